The van der Waals surface area contributed by atoms with Crippen molar-refractivity contribution in [1.29, 1.82) is 0 Å². The molecule has 1 heterocycles. The van der Waals surface area contributed by atoms with Gasteiger partial charge in [-0.15, -0.1) is 0 Å². The van der Waals surface area contributed by atoms with Gasteiger partial charge >= 0.3 is 0 Å². The van der Waals surface area contributed by atoms with Crippen LogP contribution in [0.2, 0.25) is 0 Å². The molecule has 1 aromatic carbocycles. The number of ether oxygens (including phenoxy) is 1. The third kappa shape index (κ3) is 3.57. The molecule has 0 atom stereocenters. The molecule has 21 heavy (non-hydrogen) atoms. The van der Waals surface area contributed by atoms with Gasteiger partial charge < -0.3 is 15.0 Å². The molecule has 0 amide bonds. The lowest BCUT2D eigenvalue weighted by atomic mass is 9.99. The molecular formula is C17H24N2O2. The topological polar surface area (TPSA) is 61.3 Å². The Morgan fingerprint density at radius 2 is 2.05 bits per heavy atom. The van der Waals surface area contributed by atoms with Gasteiger partial charge in [-0.05, 0) is 31.9 Å². The standard InChI is InChI=1S/C17H24N2O2/c1-4-5-6-7-8-14-16(17(18)21-19-14)13-11-12(2)9-10-15(13)20-3/h9-11H,4-8,18H2,1-3H3. The molecule has 0 bridgehead atoms. The second-order valence-electron chi connectivity index (χ2n) is 5.38. The summed E-state index contributed by atoms with van der Waals surface area (Å²) in [6, 6.07) is 6.04. The second kappa shape index (κ2) is 7.16. The quantitative estimate of drug-likeness (QED) is 0.769. The first-order valence-electron chi connectivity index (χ1n) is 7.56. The maximum Gasteiger partial charge on any atom is 0.230 e. The lowest BCUT2D eigenvalue weighted by Gasteiger charge is -2.09. The molecule has 0 radical (unpaired) electrons. The van der Waals surface area contributed by atoms with E-state index in [1.807, 2.05) is 19.1 Å². The molecule has 0 aliphatic carbocycles. The number of benzene rings is 1. The van der Waals surface area contributed by atoms with Crippen LogP contribution < -0.4 is 10.5 Å². The number of methoxy groups -OCH3 is 1. The number of unbranched alkanes of at least 4 members (excludes halogenated alkanes) is 3. The van der Waals surface area contributed by atoms with Crippen molar-refractivity contribution in [3.8, 4) is 16.9 Å². The van der Waals surface area contributed by atoms with Crippen molar-refractivity contribution in [2.24, 2.45) is 0 Å². The van der Waals surface area contributed by atoms with E-state index in [1.165, 1.54) is 19.3 Å². The summed E-state index contributed by atoms with van der Waals surface area (Å²) in [5.74, 6) is 1.16. The monoisotopic (exact) mass is 288 g/mol. The van der Waals surface area contributed by atoms with Crippen LogP contribution in [0.5, 0.6) is 5.75 Å². The number of hydrogen-bond donors (Lipinski definition) is 1. The van der Waals surface area contributed by atoms with Crippen molar-refractivity contribution >= 4 is 5.88 Å². The van der Waals surface area contributed by atoms with E-state index in [4.69, 9.17) is 15.0 Å². The Morgan fingerprint density at radius 3 is 2.76 bits per heavy atom. The van der Waals surface area contributed by atoms with E-state index in [1.54, 1.807) is 7.11 Å². The fourth-order valence-electron chi connectivity index (χ4n) is 2.53. The van der Waals surface area contributed by atoms with Gasteiger partial charge in [0.25, 0.3) is 0 Å². The Bertz CT molecular complexity index is 590. The summed E-state index contributed by atoms with van der Waals surface area (Å²) in [5.41, 5.74) is 9.91. The molecule has 4 heteroatoms. The molecule has 2 rings (SSSR count). The highest BCUT2D eigenvalue weighted by atomic mass is 16.5. The van der Waals surface area contributed by atoms with E-state index >= 15 is 0 Å². The summed E-state index contributed by atoms with van der Waals surface area (Å²) in [7, 11) is 1.67. The zero-order chi connectivity index (χ0) is 15.2. The highest BCUT2D eigenvalue weighted by Gasteiger charge is 2.19. The fourth-order valence-corrected chi connectivity index (χ4v) is 2.53. The summed E-state index contributed by atoms with van der Waals surface area (Å²) in [4.78, 5) is 0. The first-order valence-corrected chi connectivity index (χ1v) is 7.56. The molecular weight excluding hydrogens is 264 g/mol. The van der Waals surface area contributed by atoms with E-state index in [0.717, 1.165) is 41.0 Å². The summed E-state index contributed by atoms with van der Waals surface area (Å²) < 4.78 is 10.7. The first kappa shape index (κ1) is 15.4. The average molecular weight is 288 g/mol. The van der Waals surface area contributed by atoms with Crippen molar-refractivity contribution in [2.75, 3.05) is 12.8 Å². The number of anilines is 1. The van der Waals surface area contributed by atoms with Gasteiger partial charge in [-0.2, -0.15) is 0 Å². The van der Waals surface area contributed by atoms with Gasteiger partial charge in [0, 0.05) is 5.56 Å². The van der Waals surface area contributed by atoms with Crippen LogP contribution in [0.3, 0.4) is 0 Å². The minimum absolute atomic E-state index is 0.365. The Morgan fingerprint density at radius 1 is 1.24 bits per heavy atom. The van der Waals surface area contributed by atoms with Crippen molar-refractivity contribution in [3.63, 3.8) is 0 Å². The van der Waals surface area contributed by atoms with Crippen LogP contribution in [-0.2, 0) is 6.42 Å². The average Bonchev–Trinajstić information content (AvgIpc) is 2.84. The summed E-state index contributed by atoms with van der Waals surface area (Å²) in [6.07, 6.45) is 5.65. The molecule has 2 aromatic rings. The number of aryl methyl sites for hydroxylation is 2. The van der Waals surface area contributed by atoms with Crippen LogP contribution in [0.15, 0.2) is 22.7 Å². The number of nitrogen functional groups attached to an aromatic ring is 1. The molecule has 0 saturated heterocycles. The SMILES string of the molecule is CCCCCCc1noc(N)c1-c1cc(C)ccc1OC. The largest absolute Gasteiger partial charge is 0.496 e. The fraction of sp³-hybridized carbons (Fsp3) is 0.471. The first-order chi connectivity index (χ1) is 10.2. The molecule has 2 N–H and O–H groups in total. The molecule has 0 unspecified atom stereocenters. The summed E-state index contributed by atoms with van der Waals surface area (Å²) in [5, 5.41) is 4.14. The molecule has 114 valence electrons. The number of aromatic nitrogens is 1. The van der Waals surface area contributed by atoms with Gasteiger partial charge in [0.2, 0.25) is 5.88 Å². The van der Waals surface area contributed by atoms with Crippen molar-refractivity contribution in [1.82, 2.24) is 5.16 Å². The van der Waals surface area contributed by atoms with Gasteiger partial charge in [-0.1, -0.05) is 43.0 Å². The van der Waals surface area contributed by atoms with Gasteiger partial charge in [-0.25, -0.2) is 0 Å². The second-order valence-corrected chi connectivity index (χ2v) is 5.38. The smallest absolute Gasteiger partial charge is 0.230 e. The molecule has 4 nitrogen and oxygen atoms in total. The normalized spacial score (nSPS) is 10.8. The van der Waals surface area contributed by atoms with Crippen molar-refractivity contribution in [3.05, 3.63) is 29.5 Å². The maximum atomic E-state index is 5.99. The van der Waals surface area contributed by atoms with E-state index in [2.05, 4.69) is 18.1 Å². The number of nitrogens with two attached hydrogens (primary N) is 1. The van der Waals surface area contributed by atoms with Crippen molar-refractivity contribution in [2.45, 2.75) is 46.0 Å². The van der Waals surface area contributed by atoms with Gasteiger partial charge in [0.15, 0.2) is 0 Å². The Hall–Kier alpha value is -1.97. The Labute approximate surface area is 126 Å². The number of nitrogens with zero attached hydrogens (tertiary/aromatic N) is 1. The van der Waals surface area contributed by atoms with Crippen LogP contribution in [0.1, 0.15) is 43.9 Å². The van der Waals surface area contributed by atoms with Gasteiger partial charge in [0.1, 0.15) is 5.75 Å². The Balaban J connectivity index is 2.31. The highest BCUT2D eigenvalue weighted by molar-refractivity contribution is 5.80. The maximum absolute atomic E-state index is 5.99. The minimum Gasteiger partial charge on any atom is -0.496 e. The molecule has 0 spiro atoms. The minimum atomic E-state index is 0.365. The van der Waals surface area contributed by atoms with Crippen LogP contribution in [0, 0.1) is 6.92 Å². The predicted molar refractivity (Wildman–Crippen MR) is 85.5 cm³/mol. The zero-order valence-electron chi connectivity index (χ0n) is 13.1. The third-order valence-electron chi connectivity index (χ3n) is 3.68. The van der Waals surface area contributed by atoms with Gasteiger partial charge in [0.05, 0.1) is 18.4 Å². The summed E-state index contributed by atoms with van der Waals surface area (Å²) >= 11 is 0. The lowest BCUT2D eigenvalue weighted by Crippen LogP contribution is -1.95. The highest BCUT2D eigenvalue weighted by Crippen LogP contribution is 2.37. The van der Waals surface area contributed by atoms with E-state index in [0.29, 0.717) is 5.88 Å². The van der Waals surface area contributed by atoms with Crippen LogP contribution in [0.25, 0.3) is 11.1 Å². The molecule has 0 saturated carbocycles. The molecule has 0 aliphatic heterocycles. The summed E-state index contributed by atoms with van der Waals surface area (Å²) in [6.45, 7) is 4.25. The van der Waals surface area contributed by atoms with Crippen LogP contribution in [-0.4, -0.2) is 12.3 Å². The molecule has 0 aliphatic rings. The van der Waals surface area contributed by atoms with Crippen LogP contribution >= 0.6 is 0 Å². The molecule has 0 fully saturated rings. The lowest BCUT2D eigenvalue weighted by molar-refractivity contribution is 0.416. The van der Waals surface area contributed by atoms with E-state index < -0.39 is 0 Å². The van der Waals surface area contributed by atoms with Crippen LogP contribution in [0.4, 0.5) is 5.88 Å². The van der Waals surface area contributed by atoms with E-state index in [-0.39, 0.29) is 0 Å². The van der Waals surface area contributed by atoms with Crippen molar-refractivity contribution < 1.29 is 9.26 Å². The Kier molecular flexibility index (Phi) is 5.26. The zero-order valence-corrected chi connectivity index (χ0v) is 13.1. The number of rotatable bonds is 7. The number of hydrogen-bond acceptors (Lipinski definition) is 4. The van der Waals surface area contributed by atoms with E-state index in [9.17, 15) is 0 Å². The third-order valence-corrected chi connectivity index (χ3v) is 3.68. The van der Waals surface area contributed by atoms with Gasteiger partial charge in [-0.3, -0.25) is 0 Å². The molecule has 1 aromatic heterocycles. The predicted octanol–water partition coefficient (Wildman–Crippen LogP) is 4.36.